The minimum atomic E-state index is -5.14. The van der Waals surface area contributed by atoms with E-state index < -0.39 is 75.7 Å². The average molecular weight is 857 g/mol. The number of esters is 2. The molecule has 0 bridgehead atoms. The molecule has 6 N–H and O–H groups in total. The lowest BCUT2D eigenvalue weighted by Crippen LogP contribution is -2.64. The van der Waals surface area contributed by atoms with Crippen LogP contribution in [-0.2, 0) is 32.7 Å². The number of allylic oxidation sites excluding steroid dienone is 10. The van der Waals surface area contributed by atoms with Crippen molar-refractivity contribution in [1.82, 2.24) is 0 Å². The van der Waals surface area contributed by atoms with Gasteiger partial charge < -0.3 is 39.9 Å². The van der Waals surface area contributed by atoms with Crippen LogP contribution in [0.15, 0.2) is 60.8 Å². The standard InChI is InChI=1S/C45H77O13P/c1-3-5-7-9-11-13-15-17-18-19-20-22-24-26-28-30-32-34-39(47)57-37(36-56-59(53,54)58-45-43(51)41(49)40(48)42(50)44(45)52)35-55-38(46)33-31-29-27-25-23-21-16-14-12-10-8-6-4-2/h13,15,18-19,22,24,27-30,37,40-45,48-52H,3-12,14,16-17,20-21,23,25-26,31-36H2,1-2H3,(H,53,54)/b15-13-,19-18-,24-22-,29-27-,30-28-/t37?,40?,41-,42+,43-,44-,45?/m1/s1. The lowest BCUT2D eigenvalue weighted by Gasteiger charge is -2.41. The van der Waals surface area contributed by atoms with Crippen LogP contribution in [-0.4, -0.2) is 98.3 Å². The molecule has 0 spiro atoms. The number of phosphoric acid groups is 1. The van der Waals surface area contributed by atoms with Gasteiger partial charge in [-0.1, -0.05) is 145 Å². The predicted octanol–water partition coefficient (Wildman–Crippen LogP) is 8.16. The van der Waals surface area contributed by atoms with Crippen molar-refractivity contribution < 1.29 is 63.1 Å². The highest BCUT2D eigenvalue weighted by Crippen LogP contribution is 2.47. The number of aliphatic hydroxyl groups is 5. The van der Waals surface area contributed by atoms with Crippen LogP contribution in [0.1, 0.15) is 155 Å². The third-order valence-electron chi connectivity index (χ3n) is 9.86. The van der Waals surface area contributed by atoms with E-state index in [2.05, 4.69) is 44.2 Å². The Morgan fingerprint density at radius 2 is 0.915 bits per heavy atom. The summed E-state index contributed by atoms with van der Waals surface area (Å²) in [5.41, 5.74) is 0. The smallest absolute Gasteiger partial charge is 0.462 e. The molecule has 8 atom stereocenters. The van der Waals surface area contributed by atoms with E-state index in [-0.39, 0.29) is 12.8 Å². The zero-order valence-electron chi connectivity index (χ0n) is 35.8. The maximum Gasteiger partial charge on any atom is 0.472 e. The second kappa shape index (κ2) is 35.2. The minimum absolute atomic E-state index is 0.0326. The molecular formula is C45H77O13P. The number of carbonyl (C=O) groups excluding carboxylic acids is 2. The molecule has 14 heteroatoms. The van der Waals surface area contributed by atoms with Gasteiger partial charge in [0.15, 0.2) is 6.10 Å². The van der Waals surface area contributed by atoms with E-state index in [1.807, 2.05) is 30.4 Å². The van der Waals surface area contributed by atoms with Gasteiger partial charge in [-0.15, -0.1) is 0 Å². The van der Waals surface area contributed by atoms with E-state index in [0.29, 0.717) is 19.3 Å². The molecule has 59 heavy (non-hydrogen) atoms. The summed E-state index contributed by atoms with van der Waals surface area (Å²) in [5.74, 6) is -1.25. The third-order valence-corrected chi connectivity index (χ3v) is 10.8. The maximum absolute atomic E-state index is 12.8. The summed E-state index contributed by atoms with van der Waals surface area (Å²) < 4.78 is 33.3. The van der Waals surface area contributed by atoms with Crippen LogP contribution >= 0.6 is 7.82 Å². The molecule has 0 aromatic heterocycles. The Labute approximate surface area is 353 Å². The largest absolute Gasteiger partial charge is 0.472 e. The first kappa shape index (κ1) is 54.6. The topological polar surface area (TPSA) is 210 Å². The van der Waals surface area contributed by atoms with E-state index in [4.69, 9.17) is 18.5 Å². The molecular weight excluding hydrogens is 779 g/mol. The molecule has 4 unspecified atom stereocenters. The van der Waals surface area contributed by atoms with E-state index in [9.17, 15) is 44.6 Å². The van der Waals surface area contributed by atoms with Crippen molar-refractivity contribution in [3.05, 3.63) is 60.8 Å². The van der Waals surface area contributed by atoms with Crippen molar-refractivity contribution in [2.24, 2.45) is 0 Å². The zero-order chi connectivity index (χ0) is 43.6. The highest BCUT2D eigenvalue weighted by molar-refractivity contribution is 7.47. The minimum Gasteiger partial charge on any atom is -0.462 e. The highest BCUT2D eigenvalue weighted by Gasteiger charge is 2.51. The third kappa shape index (κ3) is 27.9. The number of ether oxygens (including phenoxy) is 2. The van der Waals surface area contributed by atoms with Crippen LogP contribution in [0.5, 0.6) is 0 Å². The number of rotatable bonds is 35. The fraction of sp³-hybridized carbons (Fsp3) is 0.733. The molecule has 1 rings (SSSR count). The van der Waals surface area contributed by atoms with Crippen molar-refractivity contribution in [3.63, 3.8) is 0 Å². The van der Waals surface area contributed by atoms with E-state index in [1.54, 1.807) is 0 Å². The molecule has 13 nitrogen and oxygen atoms in total. The van der Waals surface area contributed by atoms with Crippen molar-refractivity contribution in [3.8, 4) is 0 Å². The Balaban J connectivity index is 2.57. The van der Waals surface area contributed by atoms with E-state index >= 15 is 0 Å². The molecule has 0 radical (unpaired) electrons. The van der Waals surface area contributed by atoms with Crippen molar-refractivity contribution >= 4 is 19.8 Å². The quantitative estimate of drug-likeness (QED) is 0.0154. The van der Waals surface area contributed by atoms with E-state index in [1.165, 1.54) is 77.0 Å². The summed E-state index contributed by atoms with van der Waals surface area (Å²) in [6.07, 6.45) is 28.8. The molecule has 1 fully saturated rings. The van der Waals surface area contributed by atoms with Gasteiger partial charge in [-0.2, -0.15) is 0 Å². The fourth-order valence-electron chi connectivity index (χ4n) is 6.25. The Kier molecular flexibility index (Phi) is 32.5. The van der Waals surface area contributed by atoms with Gasteiger partial charge in [-0.25, -0.2) is 4.57 Å². The van der Waals surface area contributed by atoms with Crippen LogP contribution in [0.25, 0.3) is 0 Å². The molecule has 0 aromatic carbocycles. The fourth-order valence-corrected chi connectivity index (χ4v) is 7.22. The van der Waals surface area contributed by atoms with Gasteiger partial charge in [-0.3, -0.25) is 18.6 Å². The number of aliphatic hydroxyl groups excluding tert-OH is 5. The summed E-state index contributed by atoms with van der Waals surface area (Å²) in [5, 5.41) is 50.0. The summed E-state index contributed by atoms with van der Waals surface area (Å²) in [4.78, 5) is 35.5. The highest BCUT2D eigenvalue weighted by atomic mass is 31.2. The van der Waals surface area contributed by atoms with Crippen molar-refractivity contribution in [1.29, 1.82) is 0 Å². The number of hydrogen-bond acceptors (Lipinski definition) is 12. The summed E-state index contributed by atoms with van der Waals surface area (Å²) in [6.45, 7) is 3.16. The first-order valence-electron chi connectivity index (χ1n) is 22.1. The monoisotopic (exact) mass is 857 g/mol. The van der Waals surface area contributed by atoms with Gasteiger partial charge in [0, 0.05) is 12.8 Å². The van der Waals surface area contributed by atoms with Crippen LogP contribution in [0.4, 0.5) is 0 Å². The number of phosphoric ester groups is 1. The van der Waals surface area contributed by atoms with Crippen LogP contribution < -0.4 is 0 Å². The van der Waals surface area contributed by atoms with Crippen LogP contribution in [0.3, 0.4) is 0 Å². The predicted molar refractivity (Wildman–Crippen MR) is 230 cm³/mol. The average Bonchev–Trinajstić information content (AvgIpc) is 3.21. The van der Waals surface area contributed by atoms with Gasteiger partial charge in [0.25, 0.3) is 0 Å². The summed E-state index contributed by atoms with van der Waals surface area (Å²) in [6, 6.07) is 0. The van der Waals surface area contributed by atoms with Gasteiger partial charge in [0.2, 0.25) is 0 Å². The Morgan fingerprint density at radius 3 is 1.44 bits per heavy atom. The molecule has 0 amide bonds. The van der Waals surface area contributed by atoms with Crippen molar-refractivity contribution in [2.75, 3.05) is 13.2 Å². The van der Waals surface area contributed by atoms with Gasteiger partial charge in [0.05, 0.1) is 6.61 Å². The normalized spacial score (nSPS) is 22.9. The first-order valence-corrected chi connectivity index (χ1v) is 23.6. The molecule has 1 saturated carbocycles. The summed E-state index contributed by atoms with van der Waals surface area (Å²) in [7, 11) is -5.14. The lowest BCUT2D eigenvalue weighted by molar-refractivity contribution is -0.220. The zero-order valence-corrected chi connectivity index (χ0v) is 36.7. The van der Waals surface area contributed by atoms with Gasteiger partial charge in [-0.05, 0) is 57.8 Å². The molecule has 0 heterocycles. The molecule has 0 saturated heterocycles. The van der Waals surface area contributed by atoms with Crippen LogP contribution in [0, 0.1) is 0 Å². The Morgan fingerprint density at radius 1 is 0.525 bits per heavy atom. The Bertz CT molecular complexity index is 1270. The van der Waals surface area contributed by atoms with Crippen molar-refractivity contribution in [2.45, 2.75) is 198 Å². The lowest BCUT2D eigenvalue weighted by atomic mass is 9.85. The molecule has 1 aliphatic carbocycles. The van der Waals surface area contributed by atoms with Gasteiger partial charge in [0.1, 0.15) is 43.2 Å². The molecule has 340 valence electrons. The van der Waals surface area contributed by atoms with Gasteiger partial charge >= 0.3 is 19.8 Å². The second-order valence-electron chi connectivity index (χ2n) is 15.2. The molecule has 1 aliphatic rings. The SMILES string of the molecule is CCCCCC/C=C\C/C=C\C/C=C\C/C=C\CCC(=O)OC(COC(=O)CC/C=C\CCCCCCCCCCC)COP(=O)(O)OC1[C@H](O)[C@H](O)C(O)[C@H](O)[C@H]1O. The summed E-state index contributed by atoms with van der Waals surface area (Å²) >= 11 is 0. The number of unbranched alkanes of at least 4 members (excludes halogenated alkanes) is 13. The number of hydrogen-bond donors (Lipinski definition) is 6. The van der Waals surface area contributed by atoms with Crippen LogP contribution in [0.2, 0.25) is 0 Å². The molecule has 0 aliphatic heterocycles. The first-order chi connectivity index (χ1) is 28.4. The second-order valence-corrected chi connectivity index (χ2v) is 16.6. The maximum atomic E-state index is 12.8. The molecule has 0 aromatic rings. The van der Waals surface area contributed by atoms with E-state index in [0.717, 1.165) is 32.1 Å². The Hall–Kier alpha value is -2.45. The number of carbonyl (C=O) groups is 2.